The molecule has 1 aromatic carbocycles. The summed E-state index contributed by atoms with van der Waals surface area (Å²) in [7, 11) is 1.37. The molecule has 2 heterocycles. The number of hydrogen-bond acceptors (Lipinski definition) is 7. The molecule has 4 aliphatic rings. The van der Waals surface area contributed by atoms with E-state index in [1.165, 1.54) is 19.2 Å². The molecule has 0 radical (unpaired) electrons. The first-order chi connectivity index (χ1) is 18.4. The number of phenols is 1. The summed E-state index contributed by atoms with van der Waals surface area (Å²) in [5, 5.41) is 19.2. The number of methoxy groups -OCH3 is 1. The summed E-state index contributed by atoms with van der Waals surface area (Å²) >= 11 is 17.5. The largest absolute Gasteiger partial charge is 0.504 e. The van der Waals surface area contributed by atoms with Gasteiger partial charge in [0.05, 0.1) is 24.4 Å². The number of carbonyl (C=O) groups is 5. The first kappa shape index (κ1) is 27.9. The lowest BCUT2D eigenvalue weighted by Gasteiger charge is -2.50. The molecule has 0 aromatic heterocycles. The van der Waals surface area contributed by atoms with Gasteiger partial charge in [0.25, 0.3) is 11.8 Å². The van der Waals surface area contributed by atoms with Crippen LogP contribution >= 0.6 is 39.1 Å². The van der Waals surface area contributed by atoms with Crippen LogP contribution < -0.4 is 4.74 Å². The highest BCUT2D eigenvalue weighted by molar-refractivity contribution is 9.09. The molecule has 10 nitrogen and oxygen atoms in total. The van der Waals surface area contributed by atoms with Gasteiger partial charge in [0.2, 0.25) is 11.8 Å². The van der Waals surface area contributed by atoms with Crippen LogP contribution in [0.25, 0.3) is 0 Å². The number of likely N-dealkylation sites (tertiary alicyclic amines) is 2. The second kappa shape index (κ2) is 9.78. The summed E-state index contributed by atoms with van der Waals surface area (Å²) in [5.41, 5.74) is 0.928. The van der Waals surface area contributed by atoms with Crippen molar-refractivity contribution >= 4 is 68.7 Å². The van der Waals surface area contributed by atoms with Crippen molar-refractivity contribution in [1.29, 1.82) is 0 Å². The number of carbonyl (C=O) groups excluding carboxylic acids is 4. The Morgan fingerprint density at radius 2 is 1.85 bits per heavy atom. The Hall–Kier alpha value is -2.63. The number of carboxylic acids is 1. The van der Waals surface area contributed by atoms with E-state index in [9.17, 15) is 29.1 Å². The van der Waals surface area contributed by atoms with Crippen molar-refractivity contribution in [1.82, 2.24) is 9.80 Å². The fourth-order valence-electron chi connectivity index (χ4n) is 6.67. The predicted octanol–water partition coefficient (Wildman–Crippen LogP) is 2.98. The Morgan fingerprint density at radius 1 is 1.13 bits per heavy atom. The highest BCUT2D eigenvalue weighted by Crippen LogP contribution is 2.65. The minimum atomic E-state index is -1.95. The first-order valence-corrected chi connectivity index (χ1v) is 14.2. The monoisotopic (exact) mass is 642 g/mol. The van der Waals surface area contributed by atoms with E-state index in [2.05, 4.69) is 15.9 Å². The lowest BCUT2D eigenvalue weighted by molar-refractivity contribution is -0.142. The number of benzene rings is 1. The molecule has 39 heavy (non-hydrogen) atoms. The number of aliphatic carboxylic acids is 1. The second-order valence-electron chi connectivity index (χ2n) is 10.2. The second-order valence-corrected chi connectivity index (χ2v) is 12.0. The Labute approximate surface area is 242 Å². The van der Waals surface area contributed by atoms with Gasteiger partial charge in [-0.15, -0.1) is 23.2 Å². The van der Waals surface area contributed by atoms with Crippen LogP contribution in [0.4, 0.5) is 0 Å². The number of allylic oxidation sites excluding steroid dienone is 2. The van der Waals surface area contributed by atoms with Crippen molar-refractivity contribution in [2.24, 2.45) is 17.8 Å². The van der Waals surface area contributed by atoms with Crippen LogP contribution in [0.3, 0.4) is 0 Å². The van der Waals surface area contributed by atoms with Gasteiger partial charge in [-0.05, 0) is 42.9 Å². The highest BCUT2D eigenvalue weighted by atomic mass is 79.9. The highest BCUT2D eigenvalue weighted by Gasteiger charge is 2.76. The molecule has 0 bridgehead atoms. The lowest BCUT2D eigenvalue weighted by atomic mass is 9.56. The number of imide groups is 2. The van der Waals surface area contributed by atoms with Crippen LogP contribution in [0.15, 0.2) is 29.8 Å². The number of carboxylic acid groups (broad SMARTS) is 1. The Morgan fingerprint density at radius 3 is 2.49 bits per heavy atom. The number of halogens is 3. The van der Waals surface area contributed by atoms with Crippen molar-refractivity contribution in [2.45, 2.75) is 41.3 Å². The molecule has 0 spiro atoms. The van der Waals surface area contributed by atoms with E-state index < -0.39 is 63.0 Å². The molecule has 6 atom stereocenters. The number of alkyl halides is 3. The van der Waals surface area contributed by atoms with Gasteiger partial charge in [0.15, 0.2) is 21.2 Å². The SMILES string of the molecule is COc1cc(C2C3=CCC4C(=O)N(CCCC(=O)O)C(=O)C4C3CC3(Cl)C(=O)N(CBr)C(=O)C23Cl)ccc1O. The number of fused-ring (bicyclic) bond motifs is 4. The molecule has 13 heteroatoms. The van der Waals surface area contributed by atoms with E-state index in [0.717, 1.165) is 9.80 Å². The van der Waals surface area contributed by atoms with Crippen molar-refractivity contribution in [2.75, 3.05) is 19.1 Å². The smallest absolute Gasteiger partial charge is 0.303 e. The summed E-state index contributed by atoms with van der Waals surface area (Å²) in [6.07, 6.45) is 1.78. The van der Waals surface area contributed by atoms with Crippen LogP contribution in [0, 0.1) is 17.8 Å². The molecule has 2 aliphatic heterocycles. The summed E-state index contributed by atoms with van der Waals surface area (Å²) in [6.45, 7) is -0.0299. The average Bonchev–Trinajstić information content (AvgIpc) is 3.22. The molecule has 6 unspecified atom stereocenters. The number of amides is 4. The van der Waals surface area contributed by atoms with Crippen LogP contribution in [0.5, 0.6) is 11.5 Å². The molecular formula is C26H25BrCl2N2O8. The van der Waals surface area contributed by atoms with E-state index in [4.69, 9.17) is 33.0 Å². The Bertz CT molecular complexity index is 1340. The number of hydrogen-bond donors (Lipinski definition) is 2. The number of aromatic hydroxyl groups is 1. The predicted molar refractivity (Wildman–Crippen MR) is 142 cm³/mol. The van der Waals surface area contributed by atoms with Gasteiger partial charge >= 0.3 is 5.97 Å². The van der Waals surface area contributed by atoms with Crippen LogP contribution in [-0.4, -0.2) is 78.5 Å². The van der Waals surface area contributed by atoms with Crippen LogP contribution in [-0.2, 0) is 24.0 Å². The van der Waals surface area contributed by atoms with Crippen molar-refractivity contribution in [3.05, 3.63) is 35.4 Å². The third-order valence-corrected chi connectivity index (χ3v) is 10.3. The number of phenolic OH excluding ortho intramolecular Hbond substituents is 1. The van der Waals surface area contributed by atoms with E-state index in [0.29, 0.717) is 11.1 Å². The zero-order chi connectivity index (χ0) is 28.4. The summed E-state index contributed by atoms with van der Waals surface area (Å²) < 4.78 is 5.28. The lowest BCUT2D eigenvalue weighted by Crippen LogP contribution is -2.60. The molecule has 4 amide bonds. The Kier molecular flexibility index (Phi) is 7.00. The standard InChI is InChI=1S/C26H25BrCl2N2O8/c1-39-17-9-12(4-7-16(17)32)20-13-5-6-14-19(22(36)30(21(14)35)8-2-3-18(33)34)15(13)10-25(28)23(37)31(11-27)24(38)26(20,25)29/h4-5,7,9,14-15,19-20,32H,2-3,6,8,10-11H2,1H3,(H,33,34). The molecule has 2 saturated heterocycles. The molecular weight excluding hydrogens is 619 g/mol. The minimum absolute atomic E-state index is 0.0299. The fraction of sp³-hybridized carbons (Fsp3) is 0.500. The summed E-state index contributed by atoms with van der Waals surface area (Å²) in [5.74, 6) is -6.50. The quantitative estimate of drug-likeness (QED) is 0.200. The average molecular weight is 644 g/mol. The molecule has 208 valence electrons. The maximum Gasteiger partial charge on any atom is 0.303 e. The maximum atomic E-state index is 13.7. The maximum absolute atomic E-state index is 13.7. The molecule has 2 N–H and O–H groups in total. The number of rotatable bonds is 7. The van der Waals surface area contributed by atoms with Crippen LogP contribution in [0.2, 0.25) is 0 Å². The van der Waals surface area contributed by atoms with Gasteiger partial charge in [-0.25, -0.2) is 0 Å². The molecule has 5 rings (SSSR count). The summed E-state index contributed by atoms with van der Waals surface area (Å²) in [6, 6.07) is 4.47. The van der Waals surface area contributed by atoms with E-state index in [1.54, 1.807) is 12.1 Å². The molecule has 3 fully saturated rings. The number of nitrogens with zero attached hydrogens (tertiary/aromatic N) is 2. The van der Waals surface area contributed by atoms with E-state index in [-0.39, 0.29) is 49.2 Å². The van der Waals surface area contributed by atoms with Crippen LogP contribution in [0.1, 0.15) is 37.2 Å². The zero-order valence-electron chi connectivity index (χ0n) is 20.7. The van der Waals surface area contributed by atoms with Gasteiger partial charge in [0.1, 0.15) is 0 Å². The zero-order valence-corrected chi connectivity index (χ0v) is 23.8. The topological polar surface area (TPSA) is 142 Å². The van der Waals surface area contributed by atoms with Crippen molar-refractivity contribution in [3.8, 4) is 11.5 Å². The molecule has 1 saturated carbocycles. The van der Waals surface area contributed by atoms with Gasteiger partial charge in [-0.2, -0.15) is 0 Å². The third kappa shape index (κ3) is 3.83. The minimum Gasteiger partial charge on any atom is -0.504 e. The molecule has 1 aromatic rings. The Balaban J connectivity index is 1.63. The van der Waals surface area contributed by atoms with Crippen molar-refractivity contribution < 1.29 is 38.9 Å². The normalized spacial score (nSPS) is 33.6. The van der Waals surface area contributed by atoms with E-state index >= 15 is 0 Å². The third-order valence-electron chi connectivity index (χ3n) is 8.42. The van der Waals surface area contributed by atoms with Gasteiger partial charge in [-0.3, -0.25) is 33.8 Å². The van der Waals surface area contributed by atoms with Crippen molar-refractivity contribution in [3.63, 3.8) is 0 Å². The van der Waals surface area contributed by atoms with Gasteiger partial charge < -0.3 is 14.9 Å². The first-order valence-electron chi connectivity index (χ1n) is 12.4. The number of ether oxygens (including phenoxy) is 1. The summed E-state index contributed by atoms with van der Waals surface area (Å²) in [4.78, 5) is 63.4. The molecule has 2 aliphatic carbocycles. The van der Waals surface area contributed by atoms with E-state index in [1.807, 2.05) is 0 Å². The van der Waals surface area contributed by atoms with Gasteiger partial charge in [-0.1, -0.05) is 33.6 Å². The fourth-order valence-corrected chi connectivity index (χ4v) is 8.10. The van der Waals surface area contributed by atoms with Gasteiger partial charge in [0, 0.05) is 18.9 Å².